The first-order valence-electron chi connectivity index (χ1n) is 13.0. The third-order valence-electron chi connectivity index (χ3n) is 6.92. The summed E-state index contributed by atoms with van der Waals surface area (Å²) in [5, 5.41) is 25.7. The van der Waals surface area contributed by atoms with Crippen molar-refractivity contribution in [2.24, 2.45) is 35.9 Å². The van der Waals surface area contributed by atoms with E-state index in [1.165, 1.54) is 0 Å². The fourth-order valence-electron chi connectivity index (χ4n) is 4.91. The monoisotopic (exact) mass is 470 g/mol. The number of aryl methyl sites for hydroxylation is 4. The van der Waals surface area contributed by atoms with Gasteiger partial charge in [-0.15, -0.1) is 0 Å². The van der Waals surface area contributed by atoms with Gasteiger partial charge in [0.2, 0.25) is 0 Å². The third-order valence-corrected chi connectivity index (χ3v) is 6.92. The van der Waals surface area contributed by atoms with Crippen LogP contribution >= 0.6 is 0 Å². The Kier molecular flexibility index (Phi) is 9.72. The van der Waals surface area contributed by atoms with Crippen molar-refractivity contribution in [1.29, 1.82) is 0 Å². The van der Waals surface area contributed by atoms with Gasteiger partial charge in [0.05, 0.1) is 39.0 Å². The molecule has 0 aliphatic heterocycles. The first-order valence-corrected chi connectivity index (χ1v) is 13.0. The smallest absolute Gasteiger partial charge is 0.291 e. The highest BCUT2D eigenvalue weighted by molar-refractivity contribution is 5.85. The van der Waals surface area contributed by atoms with Gasteiger partial charge >= 0.3 is 0 Å². The van der Waals surface area contributed by atoms with E-state index >= 15 is 0 Å². The Hall–Kier alpha value is -2.64. The molecular weight excluding hydrogens is 428 g/mol. The van der Waals surface area contributed by atoms with Crippen molar-refractivity contribution >= 4 is 11.8 Å². The molecule has 2 heterocycles. The van der Waals surface area contributed by atoms with Crippen LogP contribution in [0.15, 0.2) is 34.8 Å². The van der Waals surface area contributed by atoms with Crippen molar-refractivity contribution in [1.82, 2.24) is 9.13 Å². The number of hydrogen-bond acceptors (Lipinski definition) is 4. The van der Waals surface area contributed by atoms with Crippen molar-refractivity contribution in [2.75, 3.05) is 13.1 Å². The summed E-state index contributed by atoms with van der Waals surface area (Å²) in [5.41, 5.74) is 0. The lowest BCUT2D eigenvalue weighted by Crippen LogP contribution is -2.41. The van der Waals surface area contributed by atoms with Crippen molar-refractivity contribution in [2.45, 2.75) is 78.3 Å². The van der Waals surface area contributed by atoms with E-state index in [4.69, 9.17) is 0 Å². The molecule has 2 aromatic heterocycles. The Morgan fingerprint density at radius 1 is 0.853 bits per heavy atom. The van der Waals surface area contributed by atoms with Gasteiger partial charge in [-0.3, -0.25) is 9.98 Å². The van der Waals surface area contributed by atoms with E-state index in [2.05, 4.69) is 23.8 Å². The minimum Gasteiger partial charge on any atom is -0.853 e. The van der Waals surface area contributed by atoms with Crippen LogP contribution in [0, 0.1) is 11.8 Å². The molecule has 0 amide bonds. The highest BCUT2D eigenvalue weighted by Gasteiger charge is 2.23. The maximum absolute atomic E-state index is 12.8. The summed E-state index contributed by atoms with van der Waals surface area (Å²) in [7, 11) is 3.80. The van der Waals surface area contributed by atoms with Crippen LogP contribution in [0.1, 0.15) is 76.9 Å². The van der Waals surface area contributed by atoms with Crippen LogP contribution in [0.25, 0.3) is 0 Å². The molecule has 0 aromatic carbocycles. The van der Waals surface area contributed by atoms with Crippen molar-refractivity contribution in [3.8, 4) is 0 Å². The molecule has 8 nitrogen and oxygen atoms in total. The molecule has 8 heteroatoms. The molecule has 188 valence electrons. The zero-order valence-corrected chi connectivity index (χ0v) is 21.4. The van der Waals surface area contributed by atoms with E-state index < -0.39 is 0 Å². The first-order chi connectivity index (χ1) is 16.4. The lowest BCUT2D eigenvalue weighted by atomic mass is 9.81. The van der Waals surface area contributed by atoms with Crippen molar-refractivity contribution in [3.63, 3.8) is 0 Å². The van der Waals surface area contributed by atoms with Gasteiger partial charge < -0.3 is 10.2 Å². The Morgan fingerprint density at radius 2 is 1.29 bits per heavy atom. The molecule has 0 N–H and O–H groups in total. The van der Waals surface area contributed by atoms with Gasteiger partial charge in [0, 0.05) is 13.1 Å². The van der Waals surface area contributed by atoms with E-state index in [0.29, 0.717) is 36.6 Å². The number of aromatic nitrogens is 4. The number of imidazole rings is 2. The van der Waals surface area contributed by atoms with E-state index in [0.717, 1.165) is 64.5 Å². The van der Waals surface area contributed by atoms with Crippen LogP contribution in [-0.4, -0.2) is 34.0 Å². The van der Waals surface area contributed by atoms with Gasteiger partial charge in [0.15, 0.2) is 0 Å². The molecule has 34 heavy (non-hydrogen) atoms. The fraction of sp³-hybridized carbons (Fsp3) is 0.692. The number of unbranched alkanes of at least 4 members (excludes halogenated alkanes) is 2. The van der Waals surface area contributed by atoms with E-state index in [-0.39, 0.29) is 11.8 Å². The van der Waals surface area contributed by atoms with Gasteiger partial charge in [-0.05, 0) is 43.9 Å². The second kappa shape index (κ2) is 12.7. The van der Waals surface area contributed by atoms with Crippen LogP contribution in [0.3, 0.4) is 0 Å². The minimum absolute atomic E-state index is 0.133. The van der Waals surface area contributed by atoms with Crippen LogP contribution in [0.2, 0.25) is 0 Å². The van der Waals surface area contributed by atoms with E-state index in [9.17, 15) is 10.2 Å². The summed E-state index contributed by atoms with van der Waals surface area (Å²) < 4.78 is 7.76. The quantitative estimate of drug-likeness (QED) is 0.266. The molecule has 3 rings (SSSR count). The lowest BCUT2D eigenvalue weighted by molar-refractivity contribution is -0.674. The molecule has 2 unspecified atom stereocenters. The second-order valence-electron chi connectivity index (χ2n) is 9.75. The average molecular weight is 471 g/mol. The van der Waals surface area contributed by atoms with E-state index in [1.807, 2.05) is 57.2 Å². The SMILES string of the molecule is CCCCn1cc[n+](C)c1C([O-])=NCC1CCCC(CN=C([O-])c2n(CCCC)cc[n+]2C)C1. The molecule has 0 spiro atoms. The number of nitrogens with zero attached hydrogens (tertiary/aromatic N) is 6. The fourth-order valence-corrected chi connectivity index (χ4v) is 4.91. The van der Waals surface area contributed by atoms with E-state index in [1.54, 1.807) is 0 Å². The Bertz CT molecular complexity index is 898. The van der Waals surface area contributed by atoms with Gasteiger partial charge in [-0.25, -0.2) is 18.3 Å². The minimum atomic E-state index is -0.133. The normalized spacial score (nSPS) is 19.6. The summed E-state index contributed by atoms with van der Waals surface area (Å²) >= 11 is 0. The molecule has 0 bridgehead atoms. The Labute approximate surface area is 204 Å². The zero-order valence-electron chi connectivity index (χ0n) is 21.4. The molecule has 0 saturated heterocycles. The standard InChI is InChI=1S/C26H42N6O2/c1-5-7-12-31-16-14-29(3)25(31)23(33)27-19-21-10-9-11-22(18-21)20-28-24(34)26-30(4)15-17-32(26)13-8-6-2/h14-17,21-22H,5-13,18-20H2,1-4H3. The molecule has 0 radical (unpaired) electrons. The van der Waals surface area contributed by atoms with Gasteiger partial charge in [0.1, 0.15) is 24.8 Å². The molecule has 1 fully saturated rings. The molecule has 1 aliphatic rings. The maximum Gasteiger partial charge on any atom is 0.291 e. The lowest BCUT2D eigenvalue weighted by Gasteiger charge is -2.28. The molecular formula is C26H42N6O2. The summed E-state index contributed by atoms with van der Waals surface area (Å²) in [6.07, 6.45) is 16.3. The molecule has 1 saturated carbocycles. The highest BCUT2D eigenvalue weighted by Crippen LogP contribution is 2.29. The summed E-state index contributed by atoms with van der Waals surface area (Å²) in [5.74, 6) is 1.79. The largest absolute Gasteiger partial charge is 0.853 e. The summed E-state index contributed by atoms with van der Waals surface area (Å²) in [6.45, 7) is 7.09. The van der Waals surface area contributed by atoms with Crippen LogP contribution in [0.5, 0.6) is 0 Å². The highest BCUT2D eigenvalue weighted by atomic mass is 16.3. The number of aliphatic imine (C=N–C) groups is 2. The molecule has 2 aromatic rings. The summed E-state index contributed by atoms with van der Waals surface area (Å²) in [4.78, 5) is 8.91. The topological polar surface area (TPSA) is 88.5 Å². The van der Waals surface area contributed by atoms with Gasteiger partial charge in [-0.2, -0.15) is 0 Å². The van der Waals surface area contributed by atoms with Crippen molar-refractivity contribution in [3.05, 3.63) is 36.4 Å². The van der Waals surface area contributed by atoms with Crippen LogP contribution < -0.4 is 19.3 Å². The predicted octanol–water partition coefficient (Wildman–Crippen LogP) is 1.26. The maximum atomic E-state index is 12.8. The Morgan fingerprint density at radius 3 is 1.71 bits per heavy atom. The first kappa shape index (κ1) is 26.0. The molecule has 2 atom stereocenters. The second-order valence-corrected chi connectivity index (χ2v) is 9.75. The average Bonchev–Trinajstić information content (AvgIpc) is 3.40. The zero-order chi connectivity index (χ0) is 24.5. The van der Waals surface area contributed by atoms with Crippen LogP contribution in [-0.2, 0) is 27.2 Å². The summed E-state index contributed by atoms with van der Waals surface area (Å²) in [6, 6.07) is 0. The number of rotatable bonds is 12. The predicted molar refractivity (Wildman–Crippen MR) is 129 cm³/mol. The van der Waals surface area contributed by atoms with Crippen molar-refractivity contribution < 1.29 is 19.3 Å². The molecule has 1 aliphatic carbocycles. The Balaban J connectivity index is 1.59. The third kappa shape index (κ3) is 6.70. The van der Waals surface area contributed by atoms with Gasteiger partial charge in [-0.1, -0.05) is 33.1 Å². The van der Waals surface area contributed by atoms with Crippen LogP contribution in [0.4, 0.5) is 0 Å². The van der Waals surface area contributed by atoms with Gasteiger partial charge in [0.25, 0.3) is 11.6 Å². The number of hydrogen-bond donors (Lipinski definition) is 0.